The van der Waals surface area contributed by atoms with Gasteiger partial charge in [-0.15, -0.1) is 0 Å². The minimum Gasteiger partial charge on any atom is -0.393 e. The monoisotopic (exact) mass is 298 g/mol. The molecule has 2 rings (SSSR count). The van der Waals surface area contributed by atoms with Crippen LogP contribution in [0.2, 0.25) is 0 Å². The van der Waals surface area contributed by atoms with Crippen LogP contribution in [0.5, 0.6) is 0 Å². The number of nitrogens with zero attached hydrogens (tertiary/aromatic N) is 1. The second-order valence-corrected chi connectivity index (χ2v) is 7.41. The number of piperidine rings is 1. The van der Waals surface area contributed by atoms with Crippen molar-refractivity contribution in [3.8, 4) is 0 Å². The van der Waals surface area contributed by atoms with E-state index in [0.717, 1.165) is 11.1 Å². The van der Waals surface area contributed by atoms with E-state index in [1.54, 1.807) is 19.1 Å². The molecule has 2 unspecified atom stereocenters. The van der Waals surface area contributed by atoms with Gasteiger partial charge in [0.2, 0.25) is 10.0 Å². The third-order valence-corrected chi connectivity index (χ3v) is 5.94. The van der Waals surface area contributed by atoms with Crippen molar-refractivity contribution >= 4 is 10.0 Å². The minimum atomic E-state index is -3.51. The molecule has 1 aliphatic heterocycles. The van der Waals surface area contributed by atoms with Gasteiger partial charge in [0.1, 0.15) is 0 Å². The largest absolute Gasteiger partial charge is 0.393 e. The Balaban J connectivity index is 2.35. The van der Waals surface area contributed by atoms with Crippen molar-refractivity contribution in [2.24, 2.45) is 11.7 Å². The summed E-state index contributed by atoms with van der Waals surface area (Å²) in [6, 6.07) is 5.29. The molecule has 1 saturated heterocycles. The first-order valence-electron chi connectivity index (χ1n) is 6.84. The summed E-state index contributed by atoms with van der Waals surface area (Å²) >= 11 is 0. The van der Waals surface area contributed by atoms with E-state index in [1.165, 1.54) is 4.31 Å². The Kier molecular flexibility index (Phi) is 4.49. The van der Waals surface area contributed by atoms with Crippen molar-refractivity contribution in [3.63, 3.8) is 0 Å². The van der Waals surface area contributed by atoms with E-state index >= 15 is 0 Å². The fourth-order valence-electron chi connectivity index (χ4n) is 2.50. The predicted molar refractivity (Wildman–Crippen MR) is 77.6 cm³/mol. The molecule has 0 radical (unpaired) electrons. The van der Waals surface area contributed by atoms with Gasteiger partial charge in [-0.2, -0.15) is 4.31 Å². The van der Waals surface area contributed by atoms with Gasteiger partial charge in [-0.3, -0.25) is 0 Å². The summed E-state index contributed by atoms with van der Waals surface area (Å²) in [7, 11) is -3.51. The average Bonchev–Trinajstić information content (AvgIpc) is 2.42. The van der Waals surface area contributed by atoms with Gasteiger partial charge < -0.3 is 10.8 Å². The summed E-state index contributed by atoms with van der Waals surface area (Å²) in [5.74, 6) is -0.0449. The van der Waals surface area contributed by atoms with Gasteiger partial charge in [0, 0.05) is 19.6 Å². The Hall–Kier alpha value is -0.950. The molecule has 1 aromatic carbocycles. The summed E-state index contributed by atoms with van der Waals surface area (Å²) in [5.41, 5.74) is 7.12. The zero-order chi connectivity index (χ0) is 14.9. The fraction of sp³-hybridized carbons (Fsp3) is 0.571. The molecule has 1 fully saturated rings. The molecule has 1 aliphatic rings. The van der Waals surface area contributed by atoms with Gasteiger partial charge >= 0.3 is 0 Å². The second kappa shape index (κ2) is 5.81. The van der Waals surface area contributed by atoms with E-state index in [2.05, 4.69) is 0 Å². The zero-order valence-electron chi connectivity index (χ0n) is 11.9. The molecule has 2 atom stereocenters. The Morgan fingerprint density at radius 3 is 2.75 bits per heavy atom. The SMILES string of the molecule is Cc1ccc(CN)cc1S(=O)(=O)N1CCC(O)C(C)C1. The van der Waals surface area contributed by atoms with Crippen molar-refractivity contribution < 1.29 is 13.5 Å². The first-order valence-corrected chi connectivity index (χ1v) is 8.28. The summed E-state index contributed by atoms with van der Waals surface area (Å²) in [6.07, 6.45) is 0.0636. The first kappa shape index (κ1) is 15.4. The lowest BCUT2D eigenvalue weighted by atomic mass is 9.99. The molecule has 6 heteroatoms. The van der Waals surface area contributed by atoms with E-state index in [1.807, 2.05) is 13.0 Å². The van der Waals surface area contributed by atoms with Gasteiger partial charge in [-0.05, 0) is 36.5 Å². The third-order valence-electron chi connectivity index (χ3n) is 3.93. The van der Waals surface area contributed by atoms with Crippen molar-refractivity contribution in [3.05, 3.63) is 29.3 Å². The van der Waals surface area contributed by atoms with Gasteiger partial charge in [0.15, 0.2) is 0 Å². The standard InChI is InChI=1S/C14H22N2O3S/c1-10-3-4-12(8-15)7-14(10)20(18,19)16-6-5-13(17)11(2)9-16/h3-4,7,11,13,17H,5-6,8-9,15H2,1-2H3. The van der Waals surface area contributed by atoms with Crippen LogP contribution < -0.4 is 5.73 Å². The van der Waals surface area contributed by atoms with Crippen LogP contribution in [0.1, 0.15) is 24.5 Å². The fourth-order valence-corrected chi connectivity index (χ4v) is 4.33. The topological polar surface area (TPSA) is 83.6 Å². The van der Waals surface area contributed by atoms with Crippen molar-refractivity contribution in [2.75, 3.05) is 13.1 Å². The van der Waals surface area contributed by atoms with Crippen LogP contribution in [-0.4, -0.2) is 37.0 Å². The number of rotatable bonds is 3. The van der Waals surface area contributed by atoms with Gasteiger partial charge in [0.25, 0.3) is 0 Å². The highest BCUT2D eigenvalue weighted by Gasteiger charge is 2.33. The van der Waals surface area contributed by atoms with Gasteiger partial charge in [0.05, 0.1) is 11.0 Å². The predicted octanol–water partition coefficient (Wildman–Crippen LogP) is 0.845. The molecule has 0 spiro atoms. The van der Waals surface area contributed by atoms with Gasteiger partial charge in [-0.1, -0.05) is 19.1 Å². The molecule has 0 aromatic heterocycles. The molecule has 5 nitrogen and oxygen atoms in total. The Morgan fingerprint density at radius 2 is 2.15 bits per heavy atom. The maximum absolute atomic E-state index is 12.7. The highest BCUT2D eigenvalue weighted by molar-refractivity contribution is 7.89. The molecule has 0 saturated carbocycles. The number of aliphatic hydroxyl groups excluding tert-OH is 1. The lowest BCUT2D eigenvalue weighted by Crippen LogP contribution is -2.45. The molecule has 3 N–H and O–H groups in total. The van der Waals surface area contributed by atoms with E-state index in [9.17, 15) is 13.5 Å². The summed E-state index contributed by atoms with van der Waals surface area (Å²) in [5, 5.41) is 9.73. The highest BCUT2D eigenvalue weighted by atomic mass is 32.2. The third kappa shape index (κ3) is 2.88. The smallest absolute Gasteiger partial charge is 0.243 e. The summed E-state index contributed by atoms with van der Waals surface area (Å²) in [6.45, 7) is 4.69. The minimum absolute atomic E-state index is 0.0449. The molecule has 112 valence electrons. The van der Waals surface area contributed by atoms with E-state index < -0.39 is 16.1 Å². The lowest BCUT2D eigenvalue weighted by molar-refractivity contribution is 0.0628. The average molecular weight is 298 g/mol. The van der Waals surface area contributed by atoms with Crippen LogP contribution in [-0.2, 0) is 16.6 Å². The number of sulfonamides is 1. The molecular formula is C14H22N2O3S. The Labute approximate surface area is 120 Å². The number of hydrogen-bond donors (Lipinski definition) is 2. The van der Waals surface area contributed by atoms with E-state index in [0.29, 0.717) is 31.0 Å². The summed E-state index contributed by atoms with van der Waals surface area (Å²) < 4.78 is 26.9. The maximum Gasteiger partial charge on any atom is 0.243 e. The summed E-state index contributed by atoms with van der Waals surface area (Å²) in [4.78, 5) is 0.323. The van der Waals surface area contributed by atoms with Crippen LogP contribution in [0, 0.1) is 12.8 Å². The molecule has 1 heterocycles. The number of aryl methyl sites for hydroxylation is 1. The van der Waals surface area contributed by atoms with E-state index in [4.69, 9.17) is 5.73 Å². The molecule has 20 heavy (non-hydrogen) atoms. The van der Waals surface area contributed by atoms with Crippen molar-refractivity contribution in [1.29, 1.82) is 0 Å². The normalized spacial score (nSPS) is 24.8. The van der Waals surface area contributed by atoms with Crippen LogP contribution in [0.15, 0.2) is 23.1 Å². The number of aliphatic hydroxyl groups is 1. The van der Waals surface area contributed by atoms with Crippen LogP contribution in [0.25, 0.3) is 0 Å². The Bertz CT molecular complexity index is 586. The highest BCUT2D eigenvalue weighted by Crippen LogP contribution is 2.26. The van der Waals surface area contributed by atoms with Crippen LogP contribution in [0.4, 0.5) is 0 Å². The first-order chi connectivity index (χ1) is 9.36. The van der Waals surface area contributed by atoms with E-state index in [-0.39, 0.29) is 5.92 Å². The zero-order valence-corrected chi connectivity index (χ0v) is 12.7. The van der Waals surface area contributed by atoms with Crippen molar-refractivity contribution in [2.45, 2.75) is 37.8 Å². The number of benzene rings is 1. The molecule has 1 aromatic rings. The van der Waals surface area contributed by atoms with Gasteiger partial charge in [-0.25, -0.2) is 8.42 Å². The molecule has 0 amide bonds. The number of nitrogens with two attached hydrogens (primary N) is 1. The number of hydrogen-bond acceptors (Lipinski definition) is 4. The second-order valence-electron chi connectivity index (χ2n) is 5.50. The lowest BCUT2D eigenvalue weighted by Gasteiger charge is -2.33. The quantitative estimate of drug-likeness (QED) is 0.866. The Morgan fingerprint density at radius 1 is 1.45 bits per heavy atom. The van der Waals surface area contributed by atoms with Crippen LogP contribution in [0.3, 0.4) is 0 Å². The molecule has 0 aliphatic carbocycles. The molecular weight excluding hydrogens is 276 g/mol. The van der Waals surface area contributed by atoms with Crippen molar-refractivity contribution in [1.82, 2.24) is 4.31 Å². The van der Waals surface area contributed by atoms with Crippen LogP contribution >= 0.6 is 0 Å². The molecule has 0 bridgehead atoms. The maximum atomic E-state index is 12.7.